The van der Waals surface area contributed by atoms with E-state index in [1.807, 2.05) is 18.2 Å². The van der Waals surface area contributed by atoms with E-state index in [-0.39, 0.29) is 5.78 Å². The minimum absolute atomic E-state index is 0.0722. The quantitative estimate of drug-likeness (QED) is 0.624. The average Bonchev–Trinajstić information content (AvgIpc) is 2.49. The van der Waals surface area contributed by atoms with Crippen molar-refractivity contribution in [3.63, 3.8) is 0 Å². The fourth-order valence-electron chi connectivity index (χ4n) is 2.35. The SMILES string of the molecule is CCc1ccc(C)[n+](Cc2cc(C(C)=O)ccc2OC)c1. The summed E-state index contributed by atoms with van der Waals surface area (Å²) >= 11 is 0. The van der Waals surface area contributed by atoms with Crippen molar-refractivity contribution in [2.45, 2.75) is 33.7 Å². The summed E-state index contributed by atoms with van der Waals surface area (Å²) in [6.45, 7) is 6.51. The van der Waals surface area contributed by atoms with E-state index in [4.69, 9.17) is 4.74 Å². The molecule has 1 aromatic heterocycles. The maximum absolute atomic E-state index is 11.6. The first-order valence-electron chi connectivity index (χ1n) is 7.22. The minimum atomic E-state index is 0.0722. The van der Waals surface area contributed by atoms with Gasteiger partial charge in [0.05, 0.1) is 12.7 Å². The van der Waals surface area contributed by atoms with Crippen molar-refractivity contribution in [2.24, 2.45) is 0 Å². The van der Waals surface area contributed by atoms with Crippen LogP contribution in [0, 0.1) is 6.92 Å². The van der Waals surface area contributed by atoms with Crippen LogP contribution in [-0.4, -0.2) is 12.9 Å². The lowest BCUT2D eigenvalue weighted by Gasteiger charge is -2.09. The van der Waals surface area contributed by atoms with Gasteiger partial charge in [0, 0.05) is 24.1 Å². The molecule has 0 unspecified atom stereocenters. The maximum atomic E-state index is 11.6. The summed E-state index contributed by atoms with van der Waals surface area (Å²) in [7, 11) is 1.66. The molecule has 21 heavy (non-hydrogen) atoms. The molecule has 0 aliphatic heterocycles. The van der Waals surface area contributed by atoms with Gasteiger partial charge < -0.3 is 4.74 Å². The second kappa shape index (κ2) is 6.53. The third-order valence-electron chi connectivity index (χ3n) is 3.75. The number of aryl methyl sites for hydroxylation is 2. The van der Waals surface area contributed by atoms with E-state index in [0.717, 1.165) is 23.3 Å². The number of ketones is 1. The molecule has 0 aliphatic rings. The second-order valence-electron chi connectivity index (χ2n) is 5.24. The molecule has 110 valence electrons. The van der Waals surface area contributed by atoms with Crippen molar-refractivity contribution >= 4 is 5.78 Å². The molecule has 0 bridgehead atoms. The zero-order valence-electron chi connectivity index (χ0n) is 13.1. The Kier molecular flexibility index (Phi) is 4.73. The van der Waals surface area contributed by atoms with Crippen molar-refractivity contribution < 1.29 is 14.1 Å². The van der Waals surface area contributed by atoms with Crippen LogP contribution in [0.1, 0.15) is 41.0 Å². The van der Waals surface area contributed by atoms with Crippen LogP contribution >= 0.6 is 0 Å². The molecular weight excluding hydrogens is 262 g/mol. The summed E-state index contributed by atoms with van der Waals surface area (Å²) in [5.74, 6) is 0.886. The predicted molar refractivity (Wildman–Crippen MR) is 82.9 cm³/mol. The lowest BCUT2D eigenvalue weighted by molar-refractivity contribution is -0.694. The topological polar surface area (TPSA) is 30.2 Å². The van der Waals surface area contributed by atoms with Crippen molar-refractivity contribution in [3.8, 4) is 5.75 Å². The van der Waals surface area contributed by atoms with Crippen LogP contribution in [0.15, 0.2) is 36.5 Å². The Morgan fingerprint density at radius 1 is 1.24 bits per heavy atom. The first kappa shape index (κ1) is 15.2. The van der Waals surface area contributed by atoms with Crippen LogP contribution in [0.5, 0.6) is 5.75 Å². The smallest absolute Gasteiger partial charge is 0.178 e. The van der Waals surface area contributed by atoms with Crippen LogP contribution in [0.4, 0.5) is 0 Å². The summed E-state index contributed by atoms with van der Waals surface area (Å²) < 4.78 is 7.62. The Hall–Kier alpha value is -2.16. The second-order valence-corrected chi connectivity index (χ2v) is 5.24. The number of nitrogens with zero attached hydrogens (tertiary/aromatic N) is 1. The van der Waals surface area contributed by atoms with Gasteiger partial charge in [-0.25, -0.2) is 0 Å². The normalized spacial score (nSPS) is 10.5. The van der Waals surface area contributed by atoms with Gasteiger partial charge in [-0.15, -0.1) is 0 Å². The van der Waals surface area contributed by atoms with E-state index in [1.165, 1.54) is 11.3 Å². The van der Waals surface area contributed by atoms with Crippen LogP contribution in [0.3, 0.4) is 0 Å². The number of carbonyl (C=O) groups excluding carboxylic acids is 1. The zero-order chi connectivity index (χ0) is 15.4. The molecule has 2 rings (SSSR count). The summed E-state index contributed by atoms with van der Waals surface area (Å²) in [6.07, 6.45) is 3.17. The molecule has 2 aromatic rings. The van der Waals surface area contributed by atoms with E-state index in [9.17, 15) is 4.79 Å². The lowest BCUT2D eigenvalue weighted by Crippen LogP contribution is -2.38. The van der Waals surface area contributed by atoms with Gasteiger partial charge in [0.25, 0.3) is 0 Å². The highest BCUT2D eigenvalue weighted by Crippen LogP contribution is 2.20. The number of hydrogen-bond donors (Lipinski definition) is 0. The lowest BCUT2D eigenvalue weighted by atomic mass is 10.1. The van der Waals surface area contributed by atoms with E-state index in [2.05, 4.69) is 36.7 Å². The molecule has 0 saturated carbocycles. The van der Waals surface area contributed by atoms with E-state index in [1.54, 1.807) is 14.0 Å². The fraction of sp³-hybridized carbons (Fsp3) is 0.333. The van der Waals surface area contributed by atoms with Gasteiger partial charge in [-0.2, -0.15) is 4.57 Å². The highest BCUT2D eigenvalue weighted by atomic mass is 16.5. The monoisotopic (exact) mass is 284 g/mol. The van der Waals surface area contributed by atoms with Crippen LogP contribution in [0.25, 0.3) is 0 Å². The standard InChI is InChI=1S/C18H22NO2/c1-5-15-7-6-13(2)19(11-15)12-17-10-16(14(3)20)8-9-18(17)21-4/h6-11H,5,12H2,1-4H3/q+1. The van der Waals surface area contributed by atoms with Gasteiger partial charge in [-0.3, -0.25) is 4.79 Å². The highest BCUT2D eigenvalue weighted by molar-refractivity contribution is 5.94. The van der Waals surface area contributed by atoms with Gasteiger partial charge >= 0.3 is 0 Å². The van der Waals surface area contributed by atoms with Crippen molar-refractivity contribution in [2.75, 3.05) is 7.11 Å². The molecule has 0 amide bonds. The number of Topliss-reactive ketones (excluding diaryl/α,β-unsaturated/α-hetero) is 1. The molecule has 0 spiro atoms. The molecule has 1 heterocycles. The van der Waals surface area contributed by atoms with Crippen LogP contribution in [0.2, 0.25) is 0 Å². The van der Waals surface area contributed by atoms with Crippen molar-refractivity contribution in [1.82, 2.24) is 0 Å². The maximum Gasteiger partial charge on any atom is 0.178 e. The van der Waals surface area contributed by atoms with E-state index in [0.29, 0.717) is 6.54 Å². The number of ether oxygens (including phenoxy) is 1. The van der Waals surface area contributed by atoms with Gasteiger partial charge in [0.1, 0.15) is 5.75 Å². The largest absolute Gasteiger partial charge is 0.496 e. The third-order valence-corrected chi connectivity index (χ3v) is 3.75. The number of carbonyl (C=O) groups is 1. The van der Waals surface area contributed by atoms with Crippen molar-refractivity contribution in [1.29, 1.82) is 0 Å². The molecular formula is C18H22NO2+. The summed E-state index contributed by atoms with van der Waals surface area (Å²) in [4.78, 5) is 11.6. The number of hydrogen-bond acceptors (Lipinski definition) is 2. The molecule has 3 heteroatoms. The number of rotatable bonds is 5. The Bertz CT molecular complexity index is 662. The van der Waals surface area contributed by atoms with Crippen molar-refractivity contribution in [3.05, 3.63) is 58.9 Å². The molecule has 1 aromatic carbocycles. The van der Waals surface area contributed by atoms with E-state index >= 15 is 0 Å². The first-order valence-corrected chi connectivity index (χ1v) is 7.22. The van der Waals surface area contributed by atoms with Gasteiger partial charge in [-0.1, -0.05) is 6.92 Å². The number of methoxy groups -OCH3 is 1. The molecule has 0 atom stereocenters. The summed E-state index contributed by atoms with van der Waals surface area (Å²) in [5.41, 5.74) is 4.21. The molecule has 0 saturated heterocycles. The van der Waals surface area contributed by atoms with Crippen LogP contribution < -0.4 is 9.30 Å². The molecule has 0 aliphatic carbocycles. The number of pyridine rings is 1. The van der Waals surface area contributed by atoms with Crippen LogP contribution in [-0.2, 0) is 13.0 Å². The number of aromatic nitrogens is 1. The summed E-state index contributed by atoms with van der Waals surface area (Å²) in [5, 5.41) is 0. The summed E-state index contributed by atoms with van der Waals surface area (Å²) in [6, 6.07) is 9.87. The number of benzene rings is 1. The Balaban J connectivity index is 2.42. The van der Waals surface area contributed by atoms with Gasteiger partial charge in [0.15, 0.2) is 24.2 Å². The molecule has 0 radical (unpaired) electrons. The Morgan fingerprint density at radius 2 is 2.00 bits per heavy atom. The van der Waals surface area contributed by atoms with Gasteiger partial charge in [0.2, 0.25) is 0 Å². The average molecular weight is 284 g/mol. The third kappa shape index (κ3) is 3.48. The van der Waals surface area contributed by atoms with E-state index < -0.39 is 0 Å². The Morgan fingerprint density at radius 3 is 2.62 bits per heavy atom. The first-order chi connectivity index (χ1) is 10.0. The Labute approximate surface area is 126 Å². The predicted octanol–water partition coefficient (Wildman–Crippen LogP) is 3.10. The molecule has 3 nitrogen and oxygen atoms in total. The zero-order valence-corrected chi connectivity index (χ0v) is 13.1. The minimum Gasteiger partial charge on any atom is -0.496 e. The van der Waals surface area contributed by atoms with Gasteiger partial charge in [-0.05, 0) is 37.6 Å². The highest BCUT2D eigenvalue weighted by Gasteiger charge is 2.14. The molecule has 0 N–H and O–H groups in total. The fourth-order valence-corrected chi connectivity index (χ4v) is 2.35. The molecule has 0 fully saturated rings.